The lowest BCUT2D eigenvalue weighted by molar-refractivity contribution is -0.143. The summed E-state index contributed by atoms with van der Waals surface area (Å²) < 4.78 is 0. The maximum Gasteiger partial charge on any atom is 0.326 e. The standard InChI is InChI=1S/C37H54N8O14/c1-18(2)30(44-34(55)26-6-5-15-45(26)36(57)20(4)40-32(53)24(12-14-29(50)51)42-31(52)19(3)38)35(56)39-17-27(47)41-23(11-13-28(48)49)33(54)43-25(37(58)59)16-21-7-9-22(46)10-8-21/h7-10,18-20,23-26,30,46H,5-6,11-17,38H2,1-4H3,(H,39,56)(H,40,53)(H,41,47)(H,42,52)(H,43,54)(H,44,55)(H,48,49)(H,50,51)(H,58,59)/t19-,20-,23-,24-,25-,26-,30-/m0/s1. The number of benzene rings is 1. The molecule has 1 aromatic carbocycles. The molecule has 0 aliphatic carbocycles. The Labute approximate surface area is 339 Å². The zero-order valence-electron chi connectivity index (χ0n) is 33.2. The third-order valence-electron chi connectivity index (χ3n) is 9.22. The highest BCUT2D eigenvalue weighted by molar-refractivity contribution is 5.97. The van der Waals surface area contributed by atoms with Gasteiger partial charge in [-0.05, 0) is 63.1 Å². The Morgan fingerprint density at radius 1 is 0.729 bits per heavy atom. The summed E-state index contributed by atoms with van der Waals surface area (Å²) >= 11 is 0. The van der Waals surface area contributed by atoms with Gasteiger partial charge in [0.15, 0.2) is 0 Å². The maximum atomic E-state index is 13.5. The topological polar surface area (TPSA) is 353 Å². The van der Waals surface area contributed by atoms with Crippen LogP contribution in [0.15, 0.2) is 24.3 Å². The molecule has 0 bridgehead atoms. The van der Waals surface area contributed by atoms with Crippen molar-refractivity contribution in [3.8, 4) is 5.75 Å². The van der Waals surface area contributed by atoms with E-state index in [-0.39, 0.29) is 31.6 Å². The van der Waals surface area contributed by atoms with Crippen LogP contribution in [0.3, 0.4) is 0 Å². The number of likely N-dealkylation sites (tertiary alicyclic amines) is 1. The highest BCUT2D eigenvalue weighted by Gasteiger charge is 2.39. The summed E-state index contributed by atoms with van der Waals surface area (Å²) in [7, 11) is 0. The molecule has 326 valence electrons. The van der Waals surface area contributed by atoms with Crippen molar-refractivity contribution in [2.75, 3.05) is 13.1 Å². The Bertz CT molecular complexity index is 1720. The number of amides is 7. The average molecular weight is 835 g/mol. The van der Waals surface area contributed by atoms with Crippen molar-refractivity contribution in [2.24, 2.45) is 11.7 Å². The van der Waals surface area contributed by atoms with E-state index in [2.05, 4.69) is 31.9 Å². The number of phenolic OH excluding ortho intramolecular Hbond substituents is 1. The smallest absolute Gasteiger partial charge is 0.326 e. The van der Waals surface area contributed by atoms with E-state index in [0.29, 0.717) is 12.0 Å². The Morgan fingerprint density at radius 2 is 1.27 bits per heavy atom. The number of aliphatic carboxylic acids is 3. The monoisotopic (exact) mass is 834 g/mol. The molecule has 12 N–H and O–H groups in total. The number of hydrogen-bond donors (Lipinski definition) is 11. The number of carbonyl (C=O) groups excluding carboxylic acids is 7. The third kappa shape index (κ3) is 16.2. The van der Waals surface area contributed by atoms with E-state index in [9.17, 15) is 63.3 Å². The number of hydrogen-bond acceptors (Lipinski definition) is 12. The van der Waals surface area contributed by atoms with E-state index < -0.39 is 133 Å². The minimum Gasteiger partial charge on any atom is -0.508 e. The molecule has 7 atom stereocenters. The lowest BCUT2D eigenvalue weighted by Gasteiger charge is -2.30. The Balaban J connectivity index is 2.06. The summed E-state index contributed by atoms with van der Waals surface area (Å²) in [5.41, 5.74) is 6.01. The molecule has 0 aromatic heterocycles. The first-order valence-corrected chi connectivity index (χ1v) is 18.9. The first-order chi connectivity index (χ1) is 27.6. The molecule has 22 nitrogen and oxygen atoms in total. The van der Waals surface area contributed by atoms with Crippen LogP contribution in [-0.2, 0) is 54.4 Å². The van der Waals surface area contributed by atoms with Gasteiger partial charge in [0.2, 0.25) is 41.4 Å². The van der Waals surface area contributed by atoms with Gasteiger partial charge < -0.3 is 63.0 Å². The quantitative estimate of drug-likeness (QED) is 0.0535. The fourth-order valence-electron chi connectivity index (χ4n) is 5.95. The molecule has 1 saturated heterocycles. The molecule has 7 amide bonds. The summed E-state index contributed by atoms with van der Waals surface area (Å²) in [6, 6.07) is -3.27. The predicted octanol–water partition coefficient (Wildman–Crippen LogP) is -2.70. The number of carboxylic acid groups (broad SMARTS) is 3. The molecule has 0 spiro atoms. The minimum absolute atomic E-state index is 0.0619. The number of carboxylic acids is 3. The van der Waals surface area contributed by atoms with Crippen LogP contribution >= 0.6 is 0 Å². The van der Waals surface area contributed by atoms with Crippen LogP contribution in [0.25, 0.3) is 0 Å². The number of nitrogens with zero attached hydrogens (tertiary/aromatic N) is 1. The second kappa shape index (κ2) is 23.2. The maximum absolute atomic E-state index is 13.5. The molecular weight excluding hydrogens is 780 g/mol. The van der Waals surface area contributed by atoms with Gasteiger partial charge in [-0.2, -0.15) is 0 Å². The fraction of sp³-hybridized carbons (Fsp3) is 0.568. The van der Waals surface area contributed by atoms with Crippen LogP contribution in [0.2, 0.25) is 0 Å². The molecule has 0 unspecified atom stereocenters. The lowest BCUT2D eigenvalue weighted by atomic mass is 10.0. The molecule has 1 heterocycles. The Kier molecular flexibility index (Phi) is 19.2. The van der Waals surface area contributed by atoms with Crippen molar-refractivity contribution in [2.45, 2.75) is 115 Å². The fourth-order valence-corrected chi connectivity index (χ4v) is 5.95. The summed E-state index contributed by atoms with van der Waals surface area (Å²) in [5, 5.41) is 51.8. The molecule has 59 heavy (non-hydrogen) atoms. The average Bonchev–Trinajstić information content (AvgIpc) is 3.66. The van der Waals surface area contributed by atoms with Gasteiger partial charge in [0, 0.05) is 25.8 Å². The van der Waals surface area contributed by atoms with E-state index in [0.717, 1.165) is 0 Å². The van der Waals surface area contributed by atoms with Crippen molar-refractivity contribution >= 4 is 59.3 Å². The molecule has 22 heteroatoms. The van der Waals surface area contributed by atoms with E-state index in [1.54, 1.807) is 13.8 Å². The molecule has 1 fully saturated rings. The lowest BCUT2D eigenvalue weighted by Crippen LogP contribution is -2.59. The van der Waals surface area contributed by atoms with Gasteiger partial charge in [-0.1, -0.05) is 26.0 Å². The number of nitrogens with two attached hydrogens (primary N) is 1. The minimum atomic E-state index is -1.51. The first-order valence-electron chi connectivity index (χ1n) is 18.9. The van der Waals surface area contributed by atoms with Crippen LogP contribution in [0.4, 0.5) is 0 Å². The van der Waals surface area contributed by atoms with E-state index in [1.807, 2.05) is 0 Å². The number of phenols is 1. The molecule has 2 rings (SSSR count). The highest BCUT2D eigenvalue weighted by atomic mass is 16.4. The van der Waals surface area contributed by atoms with Gasteiger partial charge in [-0.25, -0.2) is 4.79 Å². The zero-order valence-corrected chi connectivity index (χ0v) is 33.2. The van der Waals surface area contributed by atoms with Crippen LogP contribution < -0.4 is 37.6 Å². The molecule has 1 aliphatic rings. The predicted molar refractivity (Wildman–Crippen MR) is 205 cm³/mol. The molecular formula is C37H54N8O14. The van der Waals surface area contributed by atoms with Gasteiger partial charge in [0.1, 0.15) is 42.0 Å². The summed E-state index contributed by atoms with van der Waals surface area (Å²) in [5.74, 6) is -10.2. The van der Waals surface area contributed by atoms with Gasteiger partial charge in [0.05, 0.1) is 12.6 Å². The van der Waals surface area contributed by atoms with E-state index in [1.165, 1.54) is 43.0 Å². The highest BCUT2D eigenvalue weighted by Crippen LogP contribution is 2.20. The van der Waals surface area contributed by atoms with Crippen LogP contribution in [0, 0.1) is 5.92 Å². The van der Waals surface area contributed by atoms with Gasteiger partial charge in [-0.15, -0.1) is 0 Å². The second-order valence-corrected chi connectivity index (χ2v) is 14.5. The summed E-state index contributed by atoms with van der Waals surface area (Å²) in [6.07, 6.45) is -1.35. The normalized spacial score (nSPS) is 16.6. The Morgan fingerprint density at radius 3 is 1.80 bits per heavy atom. The van der Waals surface area contributed by atoms with Gasteiger partial charge in [-0.3, -0.25) is 43.2 Å². The molecule has 1 aliphatic heterocycles. The van der Waals surface area contributed by atoms with Crippen molar-refractivity contribution < 1.29 is 68.4 Å². The van der Waals surface area contributed by atoms with Gasteiger partial charge >= 0.3 is 17.9 Å². The van der Waals surface area contributed by atoms with E-state index >= 15 is 0 Å². The van der Waals surface area contributed by atoms with Crippen LogP contribution in [0.1, 0.15) is 71.8 Å². The van der Waals surface area contributed by atoms with Gasteiger partial charge in [0.25, 0.3) is 0 Å². The van der Waals surface area contributed by atoms with Crippen molar-refractivity contribution in [1.82, 2.24) is 36.8 Å². The SMILES string of the molecule is CC(C)[C@H](NC(=O)[C@@H]1CCCN1C(=O)[C@H](C)NC(=O)[C@H](CCC(=O)O)NC(=O)[C@H](C)N)C(=O)NCC(=O)N[C@@H](CCC(=O)O)C(=O)N[C@@H](Cc1ccc(O)cc1)C(=O)O. The number of rotatable bonds is 23. The van der Waals surface area contributed by atoms with Crippen molar-refractivity contribution in [3.05, 3.63) is 29.8 Å². The van der Waals surface area contributed by atoms with E-state index in [4.69, 9.17) is 10.8 Å². The second-order valence-electron chi connectivity index (χ2n) is 14.5. The summed E-state index contributed by atoms with van der Waals surface area (Å²) in [6.45, 7) is 5.32. The third-order valence-corrected chi connectivity index (χ3v) is 9.22. The number of carbonyl (C=O) groups is 10. The Hall–Kier alpha value is -6.32. The largest absolute Gasteiger partial charge is 0.508 e. The molecule has 1 aromatic rings. The molecule has 0 radical (unpaired) electrons. The number of aromatic hydroxyl groups is 1. The number of nitrogens with one attached hydrogen (secondary N) is 6. The van der Waals surface area contributed by atoms with Crippen molar-refractivity contribution in [1.29, 1.82) is 0 Å². The molecule has 0 saturated carbocycles. The summed E-state index contributed by atoms with van der Waals surface area (Å²) in [4.78, 5) is 127. The van der Waals surface area contributed by atoms with Crippen LogP contribution in [-0.4, -0.2) is 140 Å². The zero-order chi connectivity index (χ0) is 44.6. The van der Waals surface area contributed by atoms with Crippen LogP contribution in [0.5, 0.6) is 5.75 Å². The first kappa shape index (κ1) is 48.8. The van der Waals surface area contributed by atoms with Crippen molar-refractivity contribution in [3.63, 3.8) is 0 Å².